The lowest BCUT2D eigenvalue weighted by Crippen LogP contribution is -2.39. The fourth-order valence-corrected chi connectivity index (χ4v) is 3.21. The Balaban J connectivity index is 2.19. The number of fused-ring (bicyclic) bond motifs is 2. The smallest absolute Gasteiger partial charge is 0.262 e. The molecule has 1 atom stereocenters. The number of hydrogen-bond donors (Lipinski definition) is 0. The zero-order chi connectivity index (χ0) is 13.5. The van der Waals surface area contributed by atoms with E-state index in [0.717, 1.165) is 43.4 Å². The van der Waals surface area contributed by atoms with Crippen molar-refractivity contribution in [3.05, 3.63) is 38.7 Å². The van der Waals surface area contributed by atoms with Gasteiger partial charge in [-0.3, -0.25) is 10.1 Å². The van der Waals surface area contributed by atoms with E-state index >= 15 is 0 Å². The number of hydrogen-bond acceptors (Lipinski definition) is 4. The minimum atomic E-state index is -1.62. The van der Waals surface area contributed by atoms with Crippen molar-refractivity contribution in [2.24, 2.45) is 0 Å². The van der Waals surface area contributed by atoms with Gasteiger partial charge in [-0.2, -0.15) is 5.26 Å². The van der Waals surface area contributed by atoms with E-state index in [1.807, 2.05) is 6.07 Å². The van der Waals surface area contributed by atoms with Crippen LogP contribution in [0.2, 0.25) is 0 Å². The first-order valence-electron chi connectivity index (χ1n) is 6.75. The van der Waals surface area contributed by atoms with Gasteiger partial charge in [-0.05, 0) is 49.7 Å². The highest BCUT2D eigenvalue weighted by Crippen LogP contribution is 2.38. The highest BCUT2D eigenvalue weighted by molar-refractivity contribution is 5.39. The molecule has 0 saturated carbocycles. The average molecular weight is 257 g/mol. The van der Waals surface area contributed by atoms with Gasteiger partial charge in [0.05, 0.1) is 0 Å². The first kappa shape index (κ1) is 12.1. The van der Waals surface area contributed by atoms with E-state index in [0.29, 0.717) is 12.1 Å². The fourth-order valence-electron chi connectivity index (χ4n) is 3.21. The van der Waals surface area contributed by atoms with Crippen molar-refractivity contribution in [3.8, 4) is 6.07 Å². The molecule has 0 bridgehead atoms. The van der Waals surface area contributed by atoms with E-state index in [1.54, 1.807) is 0 Å². The van der Waals surface area contributed by atoms with E-state index in [-0.39, 0.29) is 6.42 Å². The van der Waals surface area contributed by atoms with Crippen molar-refractivity contribution in [1.82, 2.24) is 4.98 Å². The average Bonchev–Trinajstić information content (AvgIpc) is 2.44. The van der Waals surface area contributed by atoms with E-state index in [9.17, 15) is 15.4 Å². The Hall–Kier alpha value is -1.96. The molecule has 5 heteroatoms. The molecule has 0 aromatic carbocycles. The van der Waals surface area contributed by atoms with E-state index < -0.39 is 10.5 Å². The summed E-state index contributed by atoms with van der Waals surface area (Å²) in [6.45, 7) is 0. The fraction of sp³-hybridized carbons (Fsp3) is 0.571. The van der Waals surface area contributed by atoms with Crippen LogP contribution in [-0.2, 0) is 24.8 Å². The van der Waals surface area contributed by atoms with Gasteiger partial charge in [-0.15, -0.1) is 0 Å². The standard InChI is InChI=1S/C14H15N3O2/c15-9-14(17(18)19)7-3-5-11-8-10-4-1-2-6-12(10)16-13(11)14/h8H,1-7H2. The van der Waals surface area contributed by atoms with Crippen molar-refractivity contribution in [2.45, 2.75) is 50.5 Å². The molecule has 1 heterocycles. The maximum atomic E-state index is 11.4. The topological polar surface area (TPSA) is 79.8 Å². The van der Waals surface area contributed by atoms with Crippen LogP contribution in [0.5, 0.6) is 0 Å². The minimum Gasteiger partial charge on any atom is -0.262 e. The third-order valence-electron chi connectivity index (χ3n) is 4.25. The summed E-state index contributed by atoms with van der Waals surface area (Å²) in [6.07, 6.45) is 5.88. The van der Waals surface area contributed by atoms with Crippen LogP contribution in [0.3, 0.4) is 0 Å². The second-order valence-corrected chi connectivity index (χ2v) is 5.39. The molecular formula is C14H15N3O2. The highest BCUT2D eigenvalue weighted by Gasteiger charge is 2.50. The molecule has 0 fully saturated rings. The molecule has 0 amide bonds. The molecule has 0 aliphatic heterocycles. The normalized spacial score (nSPS) is 25.0. The van der Waals surface area contributed by atoms with Crippen molar-refractivity contribution in [2.75, 3.05) is 0 Å². The first-order chi connectivity index (χ1) is 9.17. The molecule has 19 heavy (non-hydrogen) atoms. The van der Waals surface area contributed by atoms with Crippen molar-refractivity contribution < 1.29 is 4.92 Å². The van der Waals surface area contributed by atoms with Gasteiger partial charge in [0, 0.05) is 17.0 Å². The van der Waals surface area contributed by atoms with Crippen LogP contribution in [0, 0.1) is 21.4 Å². The second kappa shape index (κ2) is 4.30. The number of nitriles is 1. The third kappa shape index (κ3) is 1.71. The van der Waals surface area contributed by atoms with Crippen molar-refractivity contribution >= 4 is 0 Å². The predicted octanol–water partition coefficient (Wildman–Crippen LogP) is 2.29. The van der Waals surface area contributed by atoms with Crippen LogP contribution in [0.4, 0.5) is 0 Å². The number of aromatic nitrogens is 1. The second-order valence-electron chi connectivity index (χ2n) is 5.39. The number of nitrogens with zero attached hydrogens (tertiary/aromatic N) is 3. The van der Waals surface area contributed by atoms with Gasteiger partial charge in [0.25, 0.3) is 0 Å². The summed E-state index contributed by atoms with van der Waals surface area (Å²) in [5, 5.41) is 20.7. The van der Waals surface area contributed by atoms with Gasteiger partial charge >= 0.3 is 5.54 Å². The van der Waals surface area contributed by atoms with Crippen LogP contribution in [-0.4, -0.2) is 9.91 Å². The molecule has 5 nitrogen and oxygen atoms in total. The van der Waals surface area contributed by atoms with Crippen LogP contribution < -0.4 is 0 Å². The Labute approximate surface area is 111 Å². The lowest BCUT2D eigenvalue weighted by atomic mass is 9.79. The molecule has 3 rings (SSSR count). The van der Waals surface area contributed by atoms with Crippen molar-refractivity contribution in [3.63, 3.8) is 0 Å². The number of nitro groups is 1. The Morgan fingerprint density at radius 1 is 1.26 bits per heavy atom. The summed E-state index contributed by atoms with van der Waals surface area (Å²) < 4.78 is 0. The molecule has 0 spiro atoms. The Morgan fingerprint density at radius 3 is 2.74 bits per heavy atom. The molecule has 2 aliphatic carbocycles. The van der Waals surface area contributed by atoms with E-state index in [2.05, 4.69) is 11.1 Å². The predicted molar refractivity (Wildman–Crippen MR) is 68.1 cm³/mol. The molecule has 1 unspecified atom stereocenters. The molecule has 2 aliphatic rings. The van der Waals surface area contributed by atoms with Crippen LogP contribution in [0.15, 0.2) is 6.07 Å². The van der Waals surface area contributed by atoms with Gasteiger partial charge in [-0.1, -0.05) is 6.07 Å². The Morgan fingerprint density at radius 2 is 2.00 bits per heavy atom. The maximum absolute atomic E-state index is 11.4. The molecule has 1 aromatic heterocycles. The molecule has 0 radical (unpaired) electrons. The zero-order valence-electron chi connectivity index (χ0n) is 10.7. The van der Waals surface area contributed by atoms with Gasteiger partial charge in [0.1, 0.15) is 5.69 Å². The number of aryl methyl sites for hydroxylation is 3. The Kier molecular flexibility index (Phi) is 2.74. The number of pyridine rings is 1. The largest absolute Gasteiger partial charge is 0.347 e. The summed E-state index contributed by atoms with van der Waals surface area (Å²) in [5.41, 5.74) is 1.88. The van der Waals surface area contributed by atoms with Gasteiger partial charge in [0.2, 0.25) is 0 Å². The number of rotatable bonds is 1. The highest BCUT2D eigenvalue weighted by atomic mass is 16.6. The lowest BCUT2D eigenvalue weighted by Gasteiger charge is -2.27. The maximum Gasteiger partial charge on any atom is 0.347 e. The summed E-state index contributed by atoms with van der Waals surface area (Å²) in [4.78, 5) is 15.5. The summed E-state index contributed by atoms with van der Waals surface area (Å²) in [5.74, 6) is 0. The van der Waals surface area contributed by atoms with Crippen LogP contribution in [0.25, 0.3) is 0 Å². The monoisotopic (exact) mass is 257 g/mol. The lowest BCUT2D eigenvalue weighted by molar-refractivity contribution is -0.564. The Bertz CT molecular complexity index is 591. The quantitative estimate of drug-likeness (QED) is 0.571. The van der Waals surface area contributed by atoms with E-state index in [4.69, 9.17) is 0 Å². The summed E-state index contributed by atoms with van der Waals surface area (Å²) >= 11 is 0. The summed E-state index contributed by atoms with van der Waals surface area (Å²) in [6, 6.07) is 3.98. The molecule has 0 saturated heterocycles. The van der Waals surface area contributed by atoms with Gasteiger partial charge in [-0.25, -0.2) is 4.98 Å². The minimum absolute atomic E-state index is 0.273. The van der Waals surface area contributed by atoms with E-state index in [1.165, 1.54) is 5.56 Å². The summed E-state index contributed by atoms with van der Waals surface area (Å²) in [7, 11) is 0. The van der Waals surface area contributed by atoms with Crippen LogP contribution >= 0.6 is 0 Å². The molecule has 1 aromatic rings. The molecule has 98 valence electrons. The first-order valence-corrected chi connectivity index (χ1v) is 6.75. The van der Waals surface area contributed by atoms with Crippen molar-refractivity contribution in [1.29, 1.82) is 5.26 Å². The molecular weight excluding hydrogens is 242 g/mol. The SMILES string of the molecule is N#CC1([N+](=O)[O-])CCCc2cc3c(nc21)CCCC3. The van der Waals surface area contributed by atoms with Gasteiger partial charge in [0.15, 0.2) is 6.07 Å². The molecule has 0 N–H and O–H groups in total. The van der Waals surface area contributed by atoms with Gasteiger partial charge < -0.3 is 0 Å². The third-order valence-corrected chi connectivity index (χ3v) is 4.25. The van der Waals surface area contributed by atoms with Crippen LogP contribution in [0.1, 0.15) is 48.2 Å². The zero-order valence-corrected chi connectivity index (χ0v) is 10.7.